The topological polar surface area (TPSA) is 86.8 Å². The molecule has 0 heterocycles. The van der Waals surface area contributed by atoms with Gasteiger partial charge in [-0.2, -0.15) is 0 Å². The molecule has 33 heavy (non-hydrogen) atoms. The number of nitrogens with zero attached hydrogens (tertiary/aromatic N) is 2. The highest BCUT2D eigenvalue weighted by Gasteiger charge is 2.30. The van der Waals surface area contributed by atoms with Crippen molar-refractivity contribution < 1.29 is 22.4 Å². The van der Waals surface area contributed by atoms with Crippen LogP contribution in [0.25, 0.3) is 0 Å². The first-order valence-electron chi connectivity index (χ1n) is 10.6. The predicted octanol–water partition coefficient (Wildman–Crippen LogP) is 3.58. The van der Waals surface area contributed by atoms with Gasteiger partial charge in [-0.25, -0.2) is 12.8 Å². The average molecular weight is 498 g/mol. The second kappa shape index (κ2) is 12.0. The molecule has 2 aromatic rings. The molecule has 0 bridgehead atoms. The summed E-state index contributed by atoms with van der Waals surface area (Å²) in [6.45, 7) is 3.51. The van der Waals surface area contributed by atoms with Crippen molar-refractivity contribution >= 4 is 39.1 Å². The molecule has 2 aromatic carbocycles. The third-order valence-electron chi connectivity index (χ3n) is 5.09. The zero-order valence-electron chi connectivity index (χ0n) is 18.9. The molecule has 0 aliphatic heterocycles. The van der Waals surface area contributed by atoms with Crippen molar-refractivity contribution in [2.45, 2.75) is 39.3 Å². The molecule has 1 atom stereocenters. The maximum atomic E-state index is 13.4. The number of amides is 2. The van der Waals surface area contributed by atoms with Gasteiger partial charge in [0.25, 0.3) is 0 Å². The van der Waals surface area contributed by atoms with E-state index in [9.17, 15) is 22.4 Å². The molecule has 2 amide bonds. The maximum absolute atomic E-state index is 13.4. The summed E-state index contributed by atoms with van der Waals surface area (Å²) in [6.07, 6.45) is 2.66. The lowest BCUT2D eigenvalue weighted by atomic mass is 10.1. The molecule has 0 aliphatic rings. The number of carbonyl (C=O) groups is 2. The molecule has 0 fully saturated rings. The largest absolute Gasteiger partial charge is 0.354 e. The lowest BCUT2D eigenvalue weighted by molar-refractivity contribution is -0.139. The van der Waals surface area contributed by atoms with Gasteiger partial charge in [-0.05, 0) is 49.2 Å². The van der Waals surface area contributed by atoms with Crippen molar-refractivity contribution in [3.8, 4) is 0 Å². The summed E-state index contributed by atoms with van der Waals surface area (Å²) in [4.78, 5) is 27.4. The Morgan fingerprint density at radius 2 is 1.76 bits per heavy atom. The van der Waals surface area contributed by atoms with E-state index in [4.69, 9.17) is 11.6 Å². The zero-order chi connectivity index (χ0) is 24.6. The molecule has 0 saturated heterocycles. The Bertz CT molecular complexity index is 1060. The number of benzene rings is 2. The van der Waals surface area contributed by atoms with Gasteiger partial charge in [-0.3, -0.25) is 13.9 Å². The Morgan fingerprint density at radius 1 is 1.12 bits per heavy atom. The average Bonchev–Trinajstić information content (AvgIpc) is 2.76. The number of anilines is 1. The van der Waals surface area contributed by atoms with Gasteiger partial charge in [0, 0.05) is 18.1 Å². The highest BCUT2D eigenvalue weighted by atomic mass is 35.5. The number of halogens is 2. The predicted molar refractivity (Wildman–Crippen MR) is 128 cm³/mol. The second-order valence-corrected chi connectivity index (χ2v) is 9.99. The summed E-state index contributed by atoms with van der Waals surface area (Å²) in [5.41, 5.74) is 0.762. The fourth-order valence-corrected chi connectivity index (χ4v) is 4.20. The first-order chi connectivity index (χ1) is 15.5. The van der Waals surface area contributed by atoms with E-state index >= 15 is 0 Å². The van der Waals surface area contributed by atoms with E-state index < -0.39 is 34.3 Å². The fraction of sp³-hybridized carbons (Fsp3) is 0.391. The first kappa shape index (κ1) is 26.6. The molecule has 10 heteroatoms. The molecule has 1 N–H and O–H groups in total. The van der Waals surface area contributed by atoms with Crippen molar-refractivity contribution in [1.29, 1.82) is 0 Å². The first-order valence-corrected chi connectivity index (χ1v) is 12.8. The van der Waals surface area contributed by atoms with Crippen LogP contribution in [0, 0.1) is 5.82 Å². The Labute approximate surface area is 199 Å². The van der Waals surface area contributed by atoms with Gasteiger partial charge in [0.1, 0.15) is 18.4 Å². The molecule has 0 aliphatic carbocycles. The number of carbonyl (C=O) groups excluding carboxylic acids is 2. The van der Waals surface area contributed by atoms with E-state index in [1.807, 2.05) is 6.92 Å². The third-order valence-corrected chi connectivity index (χ3v) is 6.60. The van der Waals surface area contributed by atoms with Gasteiger partial charge in [0.2, 0.25) is 21.8 Å². The number of rotatable bonds is 11. The Morgan fingerprint density at radius 3 is 2.33 bits per heavy atom. The van der Waals surface area contributed by atoms with Gasteiger partial charge in [-0.1, -0.05) is 43.1 Å². The fourth-order valence-electron chi connectivity index (χ4n) is 3.15. The van der Waals surface area contributed by atoms with Crippen LogP contribution in [0.5, 0.6) is 0 Å². The molecular weight excluding hydrogens is 469 g/mol. The lowest BCUT2D eigenvalue weighted by Gasteiger charge is -2.31. The quantitative estimate of drug-likeness (QED) is 0.481. The van der Waals surface area contributed by atoms with E-state index in [-0.39, 0.29) is 18.1 Å². The smallest absolute Gasteiger partial charge is 0.244 e. The van der Waals surface area contributed by atoms with Crippen LogP contribution in [-0.2, 0) is 26.2 Å². The molecule has 0 unspecified atom stereocenters. The Balaban J connectivity index is 2.35. The molecule has 0 radical (unpaired) electrons. The van der Waals surface area contributed by atoms with Crippen LogP contribution in [-0.4, -0.2) is 50.5 Å². The van der Waals surface area contributed by atoms with E-state index in [1.165, 1.54) is 17.0 Å². The van der Waals surface area contributed by atoms with E-state index in [0.29, 0.717) is 17.1 Å². The normalized spacial score (nSPS) is 12.2. The maximum Gasteiger partial charge on any atom is 0.244 e. The molecule has 0 spiro atoms. The highest BCUT2D eigenvalue weighted by Crippen LogP contribution is 2.21. The Kier molecular flexibility index (Phi) is 9.67. The molecule has 0 saturated carbocycles. The van der Waals surface area contributed by atoms with Gasteiger partial charge < -0.3 is 10.2 Å². The number of sulfonamides is 1. The highest BCUT2D eigenvalue weighted by molar-refractivity contribution is 7.92. The summed E-state index contributed by atoms with van der Waals surface area (Å²) in [7, 11) is -3.87. The van der Waals surface area contributed by atoms with E-state index in [1.54, 1.807) is 31.2 Å². The second-order valence-electron chi connectivity index (χ2n) is 7.68. The van der Waals surface area contributed by atoms with Crippen LogP contribution in [0.15, 0.2) is 48.5 Å². The molecule has 7 nitrogen and oxygen atoms in total. The van der Waals surface area contributed by atoms with E-state index in [0.717, 1.165) is 35.5 Å². The van der Waals surface area contributed by atoms with Gasteiger partial charge in [0.05, 0.1) is 11.9 Å². The van der Waals surface area contributed by atoms with Crippen LogP contribution in [0.1, 0.15) is 32.3 Å². The summed E-state index contributed by atoms with van der Waals surface area (Å²) in [5, 5.41) is 3.22. The van der Waals surface area contributed by atoms with Crippen molar-refractivity contribution in [2.75, 3.05) is 23.7 Å². The van der Waals surface area contributed by atoms with Crippen molar-refractivity contribution in [2.24, 2.45) is 0 Å². The minimum Gasteiger partial charge on any atom is -0.354 e. The van der Waals surface area contributed by atoms with Gasteiger partial charge in [0.15, 0.2) is 0 Å². The SMILES string of the molecule is CCCCNC(=O)[C@H](C)N(Cc1ccccc1Cl)C(=O)CN(c1ccc(F)cc1)S(C)(=O)=O. The molecule has 2 rings (SSSR count). The van der Waals surface area contributed by atoms with E-state index in [2.05, 4.69) is 5.32 Å². The van der Waals surface area contributed by atoms with Crippen LogP contribution < -0.4 is 9.62 Å². The minimum absolute atomic E-state index is 0.0158. The van der Waals surface area contributed by atoms with Crippen molar-refractivity contribution in [3.63, 3.8) is 0 Å². The minimum atomic E-state index is -3.87. The summed E-state index contributed by atoms with van der Waals surface area (Å²) < 4.78 is 39.1. The van der Waals surface area contributed by atoms with Crippen molar-refractivity contribution in [3.05, 3.63) is 64.9 Å². The van der Waals surface area contributed by atoms with Gasteiger partial charge in [-0.15, -0.1) is 0 Å². The molecule has 180 valence electrons. The standard InChI is InChI=1S/C23H29ClFN3O4S/c1-4-5-14-26-23(30)17(2)27(15-18-8-6-7-9-21(18)24)22(29)16-28(33(3,31)32)20-12-10-19(25)11-13-20/h6-13,17H,4-5,14-16H2,1-3H3,(H,26,30)/t17-/m0/s1. The number of unbranched alkanes of at least 4 members (excludes halogenated alkanes) is 1. The third kappa shape index (κ3) is 7.71. The Hall–Kier alpha value is -2.65. The van der Waals surface area contributed by atoms with Crippen LogP contribution >= 0.6 is 11.6 Å². The van der Waals surface area contributed by atoms with Gasteiger partial charge >= 0.3 is 0 Å². The lowest BCUT2D eigenvalue weighted by Crippen LogP contribution is -2.51. The van der Waals surface area contributed by atoms with Crippen LogP contribution in [0.3, 0.4) is 0 Å². The van der Waals surface area contributed by atoms with Crippen LogP contribution in [0.4, 0.5) is 10.1 Å². The zero-order valence-corrected chi connectivity index (χ0v) is 20.5. The van der Waals surface area contributed by atoms with Crippen LogP contribution in [0.2, 0.25) is 5.02 Å². The summed E-state index contributed by atoms with van der Waals surface area (Å²) >= 11 is 6.27. The van der Waals surface area contributed by atoms with Crippen molar-refractivity contribution in [1.82, 2.24) is 10.2 Å². The monoisotopic (exact) mass is 497 g/mol. The molecule has 0 aromatic heterocycles. The summed E-state index contributed by atoms with van der Waals surface area (Å²) in [6, 6.07) is 10.8. The number of nitrogens with one attached hydrogen (secondary N) is 1. The number of hydrogen-bond acceptors (Lipinski definition) is 4. The number of hydrogen-bond donors (Lipinski definition) is 1. The summed E-state index contributed by atoms with van der Waals surface area (Å²) in [5.74, 6) is -1.48. The molecular formula is C23H29ClFN3O4S.